The van der Waals surface area contributed by atoms with Gasteiger partial charge in [-0.05, 0) is 51.2 Å². The summed E-state index contributed by atoms with van der Waals surface area (Å²) >= 11 is 0. The lowest BCUT2D eigenvalue weighted by molar-refractivity contribution is 0.0552. The van der Waals surface area contributed by atoms with Crippen molar-refractivity contribution in [2.75, 3.05) is 13.2 Å². The SMILES string of the molecule is Cc1nnn(C)c1-c1cnc2c3ccc(C(C)(C)O)c(F)c3n([C@@H](c3ccccc3)C3CCOCC3)c2c1. The summed E-state index contributed by atoms with van der Waals surface area (Å²) in [7, 11) is 1.86. The van der Waals surface area contributed by atoms with Gasteiger partial charge < -0.3 is 14.4 Å². The number of rotatable bonds is 5. The van der Waals surface area contributed by atoms with Crippen LogP contribution in [0, 0.1) is 18.7 Å². The highest BCUT2D eigenvalue weighted by Gasteiger charge is 2.33. The number of aryl methyl sites for hydroxylation is 2. The molecule has 38 heavy (non-hydrogen) atoms. The molecular weight excluding hydrogens is 481 g/mol. The van der Waals surface area contributed by atoms with Crippen LogP contribution in [0.5, 0.6) is 0 Å². The first-order valence-electron chi connectivity index (χ1n) is 13.1. The Morgan fingerprint density at radius 2 is 1.84 bits per heavy atom. The van der Waals surface area contributed by atoms with Crippen LogP contribution in [0.15, 0.2) is 54.7 Å². The minimum atomic E-state index is -1.34. The molecule has 0 aliphatic carbocycles. The molecule has 0 radical (unpaired) electrons. The van der Waals surface area contributed by atoms with E-state index in [9.17, 15) is 5.11 Å². The number of aliphatic hydroxyl groups is 1. The van der Waals surface area contributed by atoms with Gasteiger partial charge in [-0.1, -0.05) is 47.7 Å². The van der Waals surface area contributed by atoms with E-state index < -0.39 is 11.4 Å². The Labute approximate surface area is 220 Å². The highest BCUT2D eigenvalue weighted by atomic mass is 19.1. The van der Waals surface area contributed by atoms with Crippen LogP contribution in [0.4, 0.5) is 4.39 Å². The molecule has 1 N–H and O–H groups in total. The van der Waals surface area contributed by atoms with Crippen LogP contribution in [-0.2, 0) is 17.4 Å². The van der Waals surface area contributed by atoms with Crippen LogP contribution in [-0.4, -0.2) is 42.9 Å². The van der Waals surface area contributed by atoms with Crippen LogP contribution in [0.3, 0.4) is 0 Å². The maximum Gasteiger partial charge on any atom is 0.153 e. The summed E-state index contributed by atoms with van der Waals surface area (Å²) in [4.78, 5) is 4.88. The quantitative estimate of drug-likeness (QED) is 0.327. The number of benzene rings is 2. The van der Waals surface area contributed by atoms with Crippen molar-refractivity contribution in [3.05, 3.63) is 77.4 Å². The summed E-state index contributed by atoms with van der Waals surface area (Å²) in [5, 5.41) is 20.0. The average molecular weight is 514 g/mol. The van der Waals surface area contributed by atoms with Gasteiger partial charge in [0, 0.05) is 43.0 Å². The maximum absolute atomic E-state index is 16.6. The van der Waals surface area contributed by atoms with E-state index in [1.54, 1.807) is 24.6 Å². The third-order valence-electron chi connectivity index (χ3n) is 7.80. The molecule has 2 aromatic carbocycles. The van der Waals surface area contributed by atoms with Gasteiger partial charge in [0.2, 0.25) is 0 Å². The molecule has 196 valence electrons. The lowest BCUT2D eigenvalue weighted by Gasteiger charge is -2.33. The fraction of sp³-hybridized carbons (Fsp3) is 0.367. The van der Waals surface area contributed by atoms with Crippen molar-refractivity contribution in [2.24, 2.45) is 13.0 Å². The Hall–Kier alpha value is -3.62. The number of hydrogen-bond acceptors (Lipinski definition) is 5. The van der Waals surface area contributed by atoms with Gasteiger partial charge in [-0.2, -0.15) is 0 Å². The molecule has 1 aliphatic rings. The van der Waals surface area contributed by atoms with Crippen molar-refractivity contribution in [2.45, 2.75) is 45.3 Å². The van der Waals surface area contributed by atoms with E-state index in [0.717, 1.165) is 51.8 Å². The summed E-state index contributed by atoms with van der Waals surface area (Å²) < 4.78 is 26.1. The molecular formula is C30H32FN5O2. The Bertz CT molecular complexity index is 1610. The first-order valence-corrected chi connectivity index (χ1v) is 13.1. The molecule has 7 nitrogen and oxygen atoms in total. The van der Waals surface area contributed by atoms with Crippen molar-refractivity contribution < 1.29 is 14.2 Å². The molecule has 5 aromatic rings. The summed E-state index contributed by atoms with van der Waals surface area (Å²) in [5.74, 6) is -0.181. The number of pyridine rings is 1. The Balaban J connectivity index is 1.73. The van der Waals surface area contributed by atoms with E-state index in [-0.39, 0.29) is 17.5 Å². The first kappa shape index (κ1) is 24.7. The summed E-state index contributed by atoms with van der Waals surface area (Å²) in [6.07, 6.45) is 3.54. The predicted molar refractivity (Wildman–Crippen MR) is 145 cm³/mol. The third kappa shape index (κ3) is 3.99. The molecule has 0 unspecified atom stereocenters. The predicted octanol–water partition coefficient (Wildman–Crippen LogP) is 5.68. The number of nitrogens with zero attached hydrogens (tertiary/aromatic N) is 5. The van der Waals surface area contributed by atoms with E-state index in [1.165, 1.54) is 0 Å². The monoisotopic (exact) mass is 513 g/mol. The molecule has 3 aromatic heterocycles. The zero-order valence-corrected chi connectivity index (χ0v) is 22.1. The molecule has 1 saturated heterocycles. The number of halogens is 1. The van der Waals surface area contributed by atoms with Gasteiger partial charge in [0.25, 0.3) is 0 Å². The lowest BCUT2D eigenvalue weighted by atomic mass is 9.86. The standard InChI is InChI=1S/C30H32FN5O2/c1-18-27(35(4)34-33-18)21-16-24-26(32-17-21)22-10-11-23(30(2,3)37)25(31)29(22)36(24)28(19-8-6-5-7-9-19)20-12-14-38-15-13-20/h5-11,16-17,20,28,37H,12-15H2,1-4H3/t28-/m0/s1. The first-order chi connectivity index (χ1) is 18.3. The number of aromatic nitrogens is 5. The van der Waals surface area contributed by atoms with Crippen molar-refractivity contribution in [1.82, 2.24) is 24.5 Å². The number of hydrogen-bond donors (Lipinski definition) is 1. The van der Waals surface area contributed by atoms with E-state index in [4.69, 9.17) is 9.72 Å². The molecule has 0 saturated carbocycles. The molecule has 0 amide bonds. The summed E-state index contributed by atoms with van der Waals surface area (Å²) in [6, 6.07) is 15.8. The molecule has 4 heterocycles. The van der Waals surface area contributed by atoms with Gasteiger partial charge >= 0.3 is 0 Å². The normalized spacial score (nSPS) is 15.9. The Kier molecular flexibility index (Phi) is 6.04. The van der Waals surface area contributed by atoms with Crippen molar-refractivity contribution in [1.29, 1.82) is 0 Å². The van der Waals surface area contributed by atoms with Gasteiger partial charge in [-0.3, -0.25) is 4.98 Å². The Morgan fingerprint density at radius 3 is 2.50 bits per heavy atom. The molecule has 6 rings (SSSR count). The van der Waals surface area contributed by atoms with Gasteiger partial charge in [-0.15, -0.1) is 5.10 Å². The molecule has 1 aliphatic heterocycles. The van der Waals surface area contributed by atoms with E-state index in [0.29, 0.717) is 18.7 Å². The summed E-state index contributed by atoms with van der Waals surface area (Å²) in [5.41, 5.74) is 4.60. The maximum atomic E-state index is 16.6. The minimum absolute atomic E-state index is 0.144. The number of ether oxygens (including phenoxy) is 1. The third-order valence-corrected chi connectivity index (χ3v) is 7.80. The second-order valence-electron chi connectivity index (χ2n) is 10.8. The summed E-state index contributed by atoms with van der Waals surface area (Å²) in [6.45, 7) is 6.50. The van der Waals surface area contributed by atoms with Crippen LogP contribution < -0.4 is 0 Å². The number of fused-ring (bicyclic) bond motifs is 3. The zero-order valence-electron chi connectivity index (χ0n) is 22.1. The van der Waals surface area contributed by atoms with E-state index >= 15 is 4.39 Å². The zero-order chi connectivity index (χ0) is 26.6. The molecule has 1 atom stereocenters. The highest BCUT2D eigenvalue weighted by molar-refractivity contribution is 6.07. The fourth-order valence-corrected chi connectivity index (χ4v) is 6.02. The smallest absolute Gasteiger partial charge is 0.153 e. The van der Waals surface area contributed by atoms with E-state index in [2.05, 4.69) is 33.1 Å². The average Bonchev–Trinajstić information content (AvgIpc) is 3.41. The molecule has 0 spiro atoms. The van der Waals surface area contributed by atoms with Crippen LogP contribution >= 0.6 is 0 Å². The van der Waals surface area contributed by atoms with Crippen molar-refractivity contribution in [3.8, 4) is 11.3 Å². The fourth-order valence-electron chi connectivity index (χ4n) is 6.02. The van der Waals surface area contributed by atoms with Crippen LogP contribution in [0.1, 0.15) is 49.6 Å². The van der Waals surface area contributed by atoms with Crippen LogP contribution in [0.2, 0.25) is 0 Å². The topological polar surface area (TPSA) is 78.0 Å². The second kappa shape index (κ2) is 9.29. The van der Waals surface area contributed by atoms with E-state index in [1.807, 2.05) is 44.4 Å². The second-order valence-corrected chi connectivity index (χ2v) is 10.8. The minimum Gasteiger partial charge on any atom is -0.386 e. The molecule has 1 fully saturated rings. The van der Waals surface area contributed by atoms with Crippen molar-refractivity contribution >= 4 is 21.9 Å². The van der Waals surface area contributed by atoms with Gasteiger partial charge in [0.05, 0.1) is 39.6 Å². The largest absolute Gasteiger partial charge is 0.386 e. The van der Waals surface area contributed by atoms with Gasteiger partial charge in [0.15, 0.2) is 5.82 Å². The van der Waals surface area contributed by atoms with Gasteiger partial charge in [0.1, 0.15) is 0 Å². The van der Waals surface area contributed by atoms with Crippen LogP contribution in [0.25, 0.3) is 33.2 Å². The highest BCUT2D eigenvalue weighted by Crippen LogP contribution is 2.43. The van der Waals surface area contributed by atoms with Crippen molar-refractivity contribution in [3.63, 3.8) is 0 Å². The lowest BCUT2D eigenvalue weighted by Crippen LogP contribution is -2.27. The molecule has 8 heteroatoms. The Morgan fingerprint density at radius 1 is 1.11 bits per heavy atom. The van der Waals surface area contributed by atoms with Gasteiger partial charge in [-0.25, -0.2) is 9.07 Å². The molecule has 0 bridgehead atoms.